The van der Waals surface area contributed by atoms with Crippen LogP contribution in [0.1, 0.15) is 50.5 Å². The first-order valence-corrected chi connectivity index (χ1v) is 20.6. The maximum absolute atomic E-state index is 13.8. The minimum Gasteiger partial charge on any atom is -0.508 e. The van der Waals surface area contributed by atoms with Gasteiger partial charge in [-0.3, -0.25) is 19.4 Å². The van der Waals surface area contributed by atoms with Crippen LogP contribution >= 0.6 is 23.2 Å². The largest absolute Gasteiger partial charge is 0.508 e. The van der Waals surface area contributed by atoms with E-state index in [0.717, 1.165) is 11.8 Å². The molecule has 2 amide bonds. The van der Waals surface area contributed by atoms with Gasteiger partial charge in [0.25, 0.3) is 5.91 Å². The van der Waals surface area contributed by atoms with Crippen molar-refractivity contribution in [3.8, 4) is 50.7 Å². The van der Waals surface area contributed by atoms with Crippen molar-refractivity contribution >= 4 is 74.6 Å². The number of carboxylic acids is 2. The van der Waals surface area contributed by atoms with E-state index < -0.39 is 30.3 Å². The van der Waals surface area contributed by atoms with Gasteiger partial charge in [0.15, 0.2) is 5.43 Å². The molecular weight excluding hydrogens is 863 g/mol. The van der Waals surface area contributed by atoms with Crippen LogP contribution in [0.4, 0.5) is 5.69 Å². The highest BCUT2D eigenvalue weighted by atomic mass is 35.5. The number of amides is 2. The van der Waals surface area contributed by atoms with Crippen LogP contribution in [-0.2, 0) is 11.3 Å². The highest BCUT2D eigenvalue weighted by molar-refractivity contribution is 6.41. The molecule has 64 heavy (non-hydrogen) atoms. The standard InChI is InChI=1S/C48H36Cl2N4O10/c1-3-51-24-6-11-31-36(16-24)63-37-17-25(52-4-2)7-12-32(37)42(31)44-43(48(61)62)35(49)20-34(45(44)50)46(58)54-22-40(57)53-21-23-5-10-28(33(15-23)47(59)60)41-29-13-8-26(55)18-38(29)64-39-19-27(56)9-14-30(39)41/h5-20,51,55H,3-4,21-22H2,1-2H3,(H,53,57)(H,54,58)(H,59,60)(H,61,62)/b52-25+. The average Bonchev–Trinajstić information content (AvgIpc) is 3.26. The first-order valence-electron chi connectivity index (χ1n) is 19.9. The molecule has 6 N–H and O–H groups in total. The van der Waals surface area contributed by atoms with Gasteiger partial charge in [0.2, 0.25) is 5.91 Å². The molecule has 322 valence electrons. The van der Waals surface area contributed by atoms with E-state index in [1.807, 2.05) is 13.8 Å². The fourth-order valence-electron chi connectivity index (χ4n) is 7.74. The van der Waals surface area contributed by atoms with Crippen LogP contribution in [0, 0.1) is 0 Å². The van der Waals surface area contributed by atoms with Crippen molar-refractivity contribution in [1.82, 2.24) is 10.6 Å². The normalized spacial score (nSPS) is 11.7. The maximum atomic E-state index is 13.8. The molecular formula is C48H36Cl2N4O10. The summed E-state index contributed by atoms with van der Waals surface area (Å²) in [7, 11) is 0. The van der Waals surface area contributed by atoms with Gasteiger partial charge < -0.3 is 40.1 Å². The number of hydrogen-bond acceptors (Lipinski definition) is 10. The minimum atomic E-state index is -1.39. The van der Waals surface area contributed by atoms with Crippen LogP contribution in [0.3, 0.4) is 0 Å². The summed E-state index contributed by atoms with van der Waals surface area (Å²) in [6, 6.07) is 24.9. The molecule has 0 fully saturated rings. The second-order valence-corrected chi connectivity index (χ2v) is 15.4. The molecule has 4 aromatic carbocycles. The third-order valence-corrected chi connectivity index (χ3v) is 11.2. The van der Waals surface area contributed by atoms with E-state index in [1.54, 1.807) is 60.7 Å². The molecule has 2 aliphatic carbocycles. The predicted molar refractivity (Wildman–Crippen MR) is 243 cm³/mol. The Morgan fingerprint density at radius 1 is 0.688 bits per heavy atom. The zero-order valence-electron chi connectivity index (χ0n) is 34.0. The molecule has 0 atom stereocenters. The number of phenolic OH excluding ortho intramolecular Hbond substituents is 1. The second-order valence-electron chi connectivity index (χ2n) is 14.6. The number of rotatable bonds is 12. The Balaban J connectivity index is 1.08. The van der Waals surface area contributed by atoms with Crippen LogP contribution in [0.2, 0.25) is 10.0 Å². The number of hydrogen-bond donors (Lipinski definition) is 6. The van der Waals surface area contributed by atoms with Gasteiger partial charge >= 0.3 is 11.9 Å². The number of aromatic carboxylic acids is 2. The number of carboxylic acid groups (broad SMARTS) is 2. The lowest BCUT2D eigenvalue weighted by Crippen LogP contribution is -2.36. The summed E-state index contributed by atoms with van der Waals surface area (Å²) in [4.78, 5) is 69.2. The van der Waals surface area contributed by atoms with Gasteiger partial charge in [0.05, 0.1) is 38.6 Å². The topological polar surface area (TPSA) is 221 Å². The molecule has 14 nitrogen and oxygen atoms in total. The molecule has 0 saturated heterocycles. The summed E-state index contributed by atoms with van der Waals surface area (Å²) < 4.78 is 12.2. The van der Waals surface area contributed by atoms with Gasteiger partial charge in [-0.15, -0.1) is 0 Å². The SMILES string of the molecule is CC/N=c1\ccc2c(-c3c(Cl)c(C(=O)NCC(=O)NCc4ccc(-c5c6ccc(=O)cc-6oc6cc(O)ccc56)c(C(=O)O)c4)cc(Cl)c3C(=O)O)c3ccc(NCC)cc3oc-2c1. The number of carbonyl (C=O) groups excluding carboxylic acids is 2. The zero-order chi connectivity index (χ0) is 45.4. The van der Waals surface area contributed by atoms with Crippen molar-refractivity contribution in [3.63, 3.8) is 0 Å². The van der Waals surface area contributed by atoms with E-state index in [2.05, 4.69) is 20.9 Å². The number of aromatic hydroxyl groups is 1. The Morgan fingerprint density at radius 2 is 1.38 bits per heavy atom. The summed E-state index contributed by atoms with van der Waals surface area (Å²) in [5, 5.41) is 40.5. The fraction of sp³-hybridized carbons (Fsp3) is 0.125. The Bertz CT molecular complexity index is 3300. The van der Waals surface area contributed by atoms with E-state index in [-0.39, 0.29) is 61.4 Å². The summed E-state index contributed by atoms with van der Waals surface area (Å²) in [5.74, 6) is -3.63. The number of anilines is 1. The van der Waals surface area contributed by atoms with E-state index in [1.165, 1.54) is 30.3 Å². The third kappa shape index (κ3) is 8.19. The van der Waals surface area contributed by atoms with Gasteiger partial charge in [0.1, 0.15) is 28.4 Å². The first kappa shape index (κ1) is 43.0. The van der Waals surface area contributed by atoms with Gasteiger partial charge in [-0.1, -0.05) is 35.3 Å². The lowest BCUT2D eigenvalue weighted by Gasteiger charge is -2.20. The molecule has 4 aliphatic rings. The van der Waals surface area contributed by atoms with Crippen molar-refractivity contribution in [2.75, 3.05) is 25.0 Å². The highest BCUT2D eigenvalue weighted by Crippen LogP contribution is 2.47. The molecule has 2 heterocycles. The number of phenols is 1. The van der Waals surface area contributed by atoms with Crippen LogP contribution in [0.25, 0.3) is 66.8 Å². The van der Waals surface area contributed by atoms with Crippen molar-refractivity contribution in [1.29, 1.82) is 0 Å². The molecule has 8 rings (SSSR count). The van der Waals surface area contributed by atoms with Crippen LogP contribution in [-0.4, -0.2) is 58.7 Å². The van der Waals surface area contributed by atoms with E-state index in [4.69, 9.17) is 32.0 Å². The van der Waals surface area contributed by atoms with Crippen molar-refractivity contribution in [3.05, 3.63) is 145 Å². The van der Waals surface area contributed by atoms with Crippen molar-refractivity contribution in [2.24, 2.45) is 4.99 Å². The lowest BCUT2D eigenvalue weighted by molar-refractivity contribution is -0.120. The Labute approximate surface area is 373 Å². The number of halogens is 2. The number of carbonyl (C=O) groups is 4. The maximum Gasteiger partial charge on any atom is 0.337 e. The van der Waals surface area contributed by atoms with Crippen LogP contribution in [0.15, 0.2) is 116 Å². The van der Waals surface area contributed by atoms with Crippen LogP contribution < -0.4 is 26.7 Å². The van der Waals surface area contributed by atoms with Gasteiger partial charge in [0, 0.05) is 88.2 Å². The third-order valence-electron chi connectivity index (χ3n) is 10.5. The van der Waals surface area contributed by atoms with Crippen molar-refractivity contribution < 1.29 is 43.3 Å². The number of benzene rings is 6. The first-order chi connectivity index (χ1) is 30.8. The predicted octanol–water partition coefficient (Wildman–Crippen LogP) is 8.89. The molecule has 4 aromatic rings. The minimum absolute atomic E-state index is 0.0321. The van der Waals surface area contributed by atoms with Gasteiger partial charge in [-0.25, -0.2) is 9.59 Å². The lowest BCUT2D eigenvalue weighted by atomic mass is 9.89. The molecule has 16 heteroatoms. The summed E-state index contributed by atoms with van der Waals surface area (Å²) >= 11 is 13.7. The Kier molecular flexibility index (Phi) is 11.8. The zero-order valence-corrected chi connectivity index (χ0v) is 35.5. The number of fused-ring (bicyclic) bond motifs is 4. The molecule has 0 bridgehead atoms. The fourth-order valence-corrected chi connectivity index (χ4v) is 8.36. The summed E-state index contributed by atoms with van der Waals surface area (Å²) in [6.45, 7) is 4.31. The molecule has 0 radical (unpaired) electrons. The monoisotopic (exact) mass is 898 g/mol. The van der Waals surface area contributed by atoms with E-state index >= 15 is 0 Å². The summed E-state index contributed by atoms with van der Waals surface area (Å²) in [5.41, 5.74) is 2.86. The smallest absolute Gasteiger partial charge is 0.337 e. The Morgan fingerprint density at radius 3 is 2.11 bits per heavy atom. The Hall–Kier alpha value is -7.68. The molecule has 0 spiro atoms. The van der Waals surface area contributed by atoms with Crippen molar-refractivity contribution in [2.45, 2.75) is 20.4 Å². The molecule has 0 unspecified atom stereocenters. The average molecular weight is 900 g/mol. The second kappa shape index (κ2) is 17.6. The quantitative estimate of drug-likeness (QED) is 0.0636. The summed E-state index contributed by atoms with van der Waals surface area (Å²) in [6.07, 6.45) is 0. The number of nitrogens with one attached hydrogen (secondary N) is 3. The molecule has 0 saturated carbocycles. The van der Waals surface area contributed by atoms with Gasteiger partial charge in [-0.2, -0.15) is 0 Å². The van der Waals surface area contributed by atoms with Crippen LogP contribution in [0.5, 0.6) is 5.75 Å². The molecule has 0 aromatic heterocycles. The van der Waals surface area contributed by atoms with Gasteiger partial charge in [-0.05, 0) is 85.6 Å². The number of nitrogens with zero attached hydrogens (tertiary/aromatic N) is 1. The van der Waals surface area contributed by atoms with E-state index in [9.17, 15) is 39.3 Å². The molecule has 2 aliphatic heterocycles. The van der Waals surface area contributed by atoms with E-state index in [0.29, 0.717) is 73.9 Å². The highest BCUT2D eigenvalue weighted by Gasteiger charge is 2.30.